The fourth-order valence-corrected chi connectivity index (χ4v) is 3.89. The third-order valence-corrected chi connectivity index (χ3v) is 5.62. The lowest BCUT2D eigenvalue weighted by Gasteiger charge is -2.23. The molecule has 0 aromatic heterocycles. The van der Waals surface area contributed by atoms with Crippen molar-refractivity contribution in [1.82, 2.24) is 4.90 Å². The standard InChI is InChI=1S/C25H28N2O/c1-2-19-8-4-6-13-24(19)26-25(28)16-17-27(22-14-15-22)18-21-11-7-10-20-9-3-5-12-23(20)21/h3-13,22H,2,14-18H2,1H3,(H,26,28). The Labute approximate surface area is 167 Å². The average molecular weight is 373 g/mol. The number of nitrogens with one attached hydrogen (secondary N) is 1. The summed E-state index contributed by atoms with van der Waals surface area (Å²) in [6, 6.07) is 23.8. The Morgan fingerprint density at radius 1 is 0.964 bits per heavy atom. The van der Waals surface area contributed by atoms with E-state index in [-0.39, 0.29) is 5.91 Å². The van der Waals surface area contributed by atoms with E-state index in [9.17, 15) is 4.79 Å². The van der Waals surface area contributed by atoms with Crippen LogP contribution in [0.4, 0.5) is 5.69 Å². The molecule has 28 heavy (non-hydrogen) atoms. The van der Waals surface area contributed by atoms with Gasteiger partial charge in [-0.3, -0.25) is 9.69 Å². The van der Waals surface area contributed by atoms with Crippen LogP contribution in [0, 0.1) is 0 Å². The first kappa shape index (κ1) is 18.7. The summed E-state index contributed by atoms with van der Waals surface area (Å²) in [5, 5.41) is 5.70. The number of fused-ring (bicyclic) bond motifs is 1. The van der Waals surface area contributed by atoms with Crippen LogP contribution < -0.4 is 5.32 Å². The number of hydrogen-bond donors (Lipinski definition) is 1. The lowest BCUT2D eigenvalue weighted by atomic mass is 10.0. The maximum atomic E-state index is 12.6. The van der Waals surface area contributed by atoms with Gasteiger partial charge >= 0.3 is 0 Å². The van der Waals surface area contributed by atoms with E-state index in [1.807, 2.05) is 18.2 Å². The molecule has 1 N–H and O–H groups in total. The highest BCUT2D eigenvalue weighted by atomic mass is 16.1. The molecule has 3 nitrogen and oxygen atoms in total. The van der Waals surface area contributed by atoms with E-state index in [1.54, 1.807) is 0 Å². The summed E-state index contributed by atoms with van der Waals surface area (Å²) < 4.78 is 0. The summed E-state index contributed by atoms with van der Waals surface area (Å²) in [7, 11) is 0. The molecule has 144 valence electrons. The number of nitrogens with zero attached hydrogens (tertiary/aromatic N) is 1. The predicted molar refractivity (Wildman–Crippen MR) is 116 cm³/mol. The molecule has 3 aromatic rings. The summed E-state index contributed by atoms with van der Waals surface area (Å²) in [5.74, 6) is 0.101. The fraction of sp³-hybridized carbons (Fsp3) is 0.320. The molecule has 1 fully saturated rings. The van der Waals surface area contributed by atoms with Crippen molar-refractivity contribution in [3.8, 4) is 0 Å². The first-order chi connectivity index (χ1) is 13.7. The molecular weight excluding hydrogens is 344 g/mol. The van der Waals surface area contributed by atoms with E-state index in [2.05, 4.69) is 65.7 Å². The van der Waals surface area contributed by atoms with Crippen LogP contribution in [0.25, 0.3) is 10.8 Å². The van der Waals surface area contributed by atoms with E-state index in [1.165, 1.54) is 34.7 Å². The third-order valence-electron chi connectivity index (χ3n) is 5.62. The fourth-order valence-electron chi connectivity index (χ4n) is 3.89. The van der Waals surface area contributed by atoms with Gasteiger partial charge in [-0.2, -0.15) is 0 Å². The molecule has 1 aliphatic carbocycles. The number of benzene rings is 3. The average Bonchev–Trinajstić information content (AvgIpc) is 3.57. The molecule has 0 unspecified atom stereocenters. The zero-order valence-corrected chi connectivity index (χ0v) is 16.5. The highest BCUT2D eigenvalue weighted by Gasteiger charge is 2.29. The zero-order valence-electron chi connectivity index (χ0n) is 16.5. The molecule has 0 heterocycles. The number of hydrogen-bond acceptors (Lipinski definition) is 2. The highest BCUT2D eigenvalue weighted by molar-refractivity contribution is 5.91. The van der Waals surface area contributed by atoms with Crippen molar-refractivity contribution in [3.05, 3.63) is 77.9 Å². The van der Waals surface area contributed by atoms with Crippen LogP contribution in [0.1, 0.15) is 37.3 Å². The van der Waals surface area contributed by atoms with Gasteiger partial charge in [0.15, 0.2) is 0 Å². The Hall–Kier alpha value is -2.65. The molecular formula is C25H28N2O. The molecule has 1 amide bonds. The molecule has 1 aliphatic rings. The molecule has 3 heteroatoms. The molecule has 0 radical (unpaired) electrons. The number of carbonyl (C=O) groups excluding carboxylic acids is 1. The largest absolute Gasteiger partial charge is 0.326 e. The van der Waals surface area contributed by atoms with Gasteiger partial charge in [0, 0.05) is 31.2 Å². The predicted octanol–water partition coefficient (Wildman–Crippen LogP) is 5.40. The number of para-hydroxylation sites is 1. The second-order valence-corrected chi connectivity index (χ2v) is 7.65. The van der Waals surface area contributed by atoms with Gasteiger partial charge in [-0.1, -0.05) is 67.6 Å². The van der Waals surface area contributed by atoms with Crippen molar-refractivity contribution in [1.29, 1.82) is 0 Å². The SMILES string of the molecule is CCc1ccccc1NC(=O)CCN(Cc1cccc2ccccc12)C1CC1. The number of carbonyl (C=O) groups is 1. The van der Waals surface area contributed by atoms with Crippen LogP contribution in [-0.2, 0) is 17.8 Å². The van der Waals surface area contributed by atoms with E-state index in [0.717, 1.165) is 25.2 Å². The maximum Gasteiger partial charge on any atom is 0.225 e. The monoisotopic (exact) mass is 372 g/mol. The molecule has 0 aliphatic heterocycles. The minimum absolute atomic E-state index is 0.101. The molecule has 0 atom stereocenters. The van der Waals surface area contributed by atoms with E-state index in [0.29, 0.717) is 12.5 Å². The normalized spacial score (nSPS) is 13.8. The topological polar surface area (TPSA) is 32.3 Å². The Morgan fingerprint density at radius 2 is 1.68 bits per heavy atom. The van der Waals surface area contributed by atoms with Gasteiger partial charge in [0.25, 0.3) is 0 Å². The summed E-state index contributed by atoms with van der Waals surface area (Å²) in [6.45, 7) is 3.82. The van der Waals surface area contributed by atoms with Gasteiger partial charge in [0.1, 0.15) is 0 Å². The number of rotatable bonds is 8. The van der Waals surface area contributed by atoms with Crippen molar-refractivity contribution in [2.24, 2.45) is 0 Å². The molecule has 0 spiro atoms. The molecule has 0 saturated heterocycles. The van der Waals surface area contributed by atoms with Gasteiger partial charge in [-0.15, -0.1) is 0 Å². The van der Waals surface area contributed by atoms with Crippen LogP contribution in [0.5, 0.6) is 0 Å². The second-order valence-electron chi connectivity index (χ2n) is 7.65. The quantitative estimate of drug-likeness (QED) is 0.574. The maximum absolute atomic E-state index is 12.6. The molecule has 0 bridgehead atoms. The van der Waals surface area contributed by atoms with Crippen LogP contribution >= 0.6 is 0 Å². The Bertz CT molecular complexity index is 956. The molecule has 3 aromatic carbocycles. The minimum atomic E-state index is 0.101. The van der Waals surface area contributed by atoms with Gasteiger partial charge in [0.2, 0.25) is 5.91 Å². The van der Waals surface area contributed by atoms with Gasteiger partial charge < -0.3 is 5.32 Å². The first-order valence-corrected chi connectivity index (χ1v) is 10.3. The number of amides is 1. The Kier molecular flexibility index (Phi) is 5.73. The van der Waals surface area contributed by atoms with Crippen molar-refractivity contribution in [3.63, 3.8) is 0 Å². The van der Waals surface area contributed by atoms with E-state index in [4.69, 9.17) is 0 Å². The lowest BCUT2D eigenvalue weighted by Crippen LogP contribution is -2.29. The van der Waals surface area contributed by atoms with Crippen molar-refractivity contribution >= 4 is 22.4 Å². The summed E-state index contributed by atoms with van der Waals surface area (Å²) in [5.41, 5.74) is 3.48. The first-order valence-electron chi connectivity index (χ1n) is 10.3. The van der Waals surface area contributed by atoms with Gasteiger partial charge in [0.05, 0.1) is 0 Å². The van der Waals surface area contributed by atoms with Crippen LogP contribution in [0.2, 0.25) is 0 Å². The lowest BCUT2D eigenvalue weighted by molar-refractivity contribution is -0.116. The van der Waals surface area contributed by atoms with Crippen LogP contribution in [-0.4, -0.2) is 23.4 Å². The van der Waals surface area contributed by atoms with Crippen molar-refractivity contribution < 1.29 is 4.79 Å². The van der Waals surface area contributed by atoms with Gasteiger partial charge in [-0.25, -0.2) is 0 Å². The number of aryl methyl sites for hydroxylation is 1. The summed E-state index contributed by atoms with van der Waals surface area (Å²) in [4.78, 5) is 15.0. The van der Waals surface area contributed by atoms with Gasteiger partial charge in [-0.05, 0) is 47.2 Å². The molecule has 1 saturated carbocycles. The smallest absolute Gasteiger partial charge is 0.225 e. The summed E-state index contributed by atoms with van der Waals surface area (Å²) >= 11 is 0. The highest BCUT2D eigenvalue weighted by Crippen LogP contribution is 2.30. The third kappa shape index (κ3) is 4.42. The van der Waals surface area contributed by atoms with E-state index >= 15 is 0 Å². The van der Waals surface area contributed by atoms with Crippen molar-refractivity contribution in [2.75, 3.05) is 11.9 Å². The number of anilines is 1. The van der Waals surface area contributed by atoms with Crippen LogP contribution in [0.3, 0.4) is 0 Å². The van der Waals surface area contributed by atoms with Crippen LogP contribution in [0.15, 0.2) is 66.7 Å². The molecule has 4 rings (SSSR count). The zero-order chi connectivity index (χ0) is 19.3. The second kappa shape index (κ2) is 8.57. The minimum Gasteiger partial charge on any atom is -0.326 e. The van der Waals surface area contributed by atoms with E-state index < -0.39 is 0 Å². The summed E-state index contributed by atoms with van der Waals surface area (Å²) in [6.07, 6.45) is 3.93. The van der Waals surface area contributed by atoms with Crippen molar-refractivity contribution in [2.45, 2.75) is 45.2 Å². The Balaban J connectivity index is 1.41. The Morgan fingerprint density at radius 3 is 2.50 bits per heavy atom.